The van der Waals surface area contributed by atoms with E-state index in [4.69, 9.17) is 0 Å². The molecule has 0 amide bonds. The molecule has 5 heteroatoms. The van der Waals surface area contributed by atoms with E-state index in [-0.39, 0.29) is 12.5 Å². The number of nitrogens with zero attached hydrogens (tertiary/aromatic N) is 2. The van der Waals surface area contributed by atoms with Crippen LogP contribution in [0.1, 0.15) is 44.1 Å². The Morgan fingerprint density at radius 2 is 2.08 bits per heavy atom. The van der Waals surface area contributed by atoms with Crippen LogP contribution in [0.3, 0.4) is 0 Å². The molecule has 0 radical (unpaired) electrons. The van der Waals surface area contributed by atoms with Crippen molar-refractivity contribution in [3.63, 3.8) is 0 Å². The Labute approximate surface area is 158 Å². The number of unbranched alkanes of at least 4 members (excludes halogenated alkanes) is 1. The van der Waals surface area contributed by atoms with Crippen molar-refractivity contribution >= 4 is 5.96 Å². The first-order valence-electron chi connectivity index (χ1n) is 10.1. The third-order valence-electron chi connectivity index (χ3n) is 5.17. The topological polar surface area (TPSA) is 59.9 Å². The molecule has 0 spiro atoms. The average molecular weight is 361 g/mol. The third-order valence-corrected chi connectivity index (χ3v) is 5.17. The summed E-state index contributed by atoms with van der Waals surface area (Å²) in [5.74, 6) is 1.75. The fourth-order valence-corrected chi connectivity index (χ4v) is 3.61. The summed E-state index contributed by atoms with van der Waals surface area (Å²) >= 11 is 0. The predicted molar refractivity (Wildman–Crippen MR) is 110 cm³/mol. The molecule has 1 aliphatic rings. The van der Waals surface area contributed by atoms with Crippen LogP contribution >= 0.6 is 0 Å². The van der Waals surface area contributed by atoms with E-state index < -0.39 is 0 Å². The van der Waals surface area contributed by atoms with Crippen molar-refractivity contribution in [2.24, 2.45) is 10.9 Å². The first kappa shape index (κ1) is 20.7. The Morgan fingerprint density at radius 1 is 1.27 bits per heavy atom. The molecule has 1 saturated heterocycles. The maximum atomic E-state index is 9.65. The minimum Gasteiger partial charge on any atom is -0.396 e. The third kappa shape index (κ3) is 7.34. The predicted octanol–water partition coefficient (Wildman–Crippen LogP) is 2.44. The van der Waals surface area contributed by atoms with Crippen molar-refractivity contribution in [2.45, 2.75) is 38.5 Å². The standard InChI is InChI=1S/C21H36N4O/c1-18-9-8-14-25(16-18)13-7-6-12-23-21(22-2)24-15-20(17-26)19-10-4-3-5-11-19/h3-5,10-11,18,20,26H,6-9,12-17H2,1-2H3,(H2,22,23,24). The molecule has 146 valence electrons. The van der Waals surface area contributed by atoms with E-state index in [1.807, 2.05) is 18.2 Å². The molecule has 0 saturated carbocycles. The van der Waals surface area contributed by atoms with Gasteiger partial charge in [-0.3, -0.25) is 4.99 Å². The Hall–Kier alpha value is -1.59. The second-order valence-corrected chi connectivity index (χ2v) is 7.43. The minimum atomic E-state index is 0.0795. The number of likely N-dealkylation sites (tertiary alicyclic amines) is 1. The molecule has 2 unspecified atom stereocenters. The van der Waals surface area contributed by atoms with Gasteiger partial charge in [0.25, 0.3) is 0 Å². The summed E-state index contributed by atoms with van der Waals surface area (Å²) in [5.41, 5.74) is 1.15. The van der Waals surface area contributed by atoms with Gasteiger partial charge in [-0.2, -0.15) is 0 Å². The van der Waals surface area contributed by atoms with Gasteiger partial charge in [0.2, 0.25) is 0 Å². The highest BCUT2D eigenvalue weighted by Crippen LogP contribution is 2.15. The minimum absolute atomic E-state index is 0.0795. The molecule has 26 heavy (non-hydrogen) atoms. The summed E-state index contributed by atoms with van der Waals surface area (Å²) in [6.07, 6.45) is 5.11. The van der Waals surface area contributed by atoms with Crippen molar-refractivity contribution in [3.8, 4) is 0 Å². The van der Waals surface area contributed by atoms with Crippen LogP contribution in [-0.4, -0.2) is 62.3 Å². The summed E-state index contributed by atoms with van der Waals surface area (Å²) in [6.45, 7) is 7.82. The van der Waals surface area contributed by atoms with Gasteiger partial charge in [0.15, 0.2) is 5.96 Å². The van der Waals surface area contributed by atoms with Crippen LogP contribution in [-0.2, 0) is 0 Å². The lowest BCUT2D eigenvalue weighted by Gasteiger charge is -2.30. The molecule has 1 fully saturated rings. The first-order chi connectivity index (χ1) is 12.7. The van der Waals surface area contributed by atoms with E-state index in [0.717, 1.165) is 30.4 Å². The smallest absolute Gasteiger partial charge is 0.190 e. The van der Waals surface area contributed by atoms with Crippen LogP contribution in [0.5, 0.6) is 0 Å². The highest BCUT2D eigenvalue weighted by atomic mass is 16.3. The van der Waals surface area contributed by atoms with Gasteiger partial charge in [-0.1, -0.05) is 37.3 Å². The molecule has 0 aliphatic carbocycles. The van der Waals surface area contributed by atoms with Gasteiger partial charge in [-0.15, -0.1) is 0 Å². The van der Waals surface area contributed by atoms with Gasteiger partial charge < -0.3 is 20.6 Å². The SMILES string of the molecule is CN=C(NCCCCN1CCCC(C)C1)NCC(CO)c1ccccc1. The lowest BCUT2D eigenvalue weighted by molar-refractivity contribution is 0.181. The Morgan fingerprint density at radius 3 is 2.77 bits per heavy atom. The Kier molecular flexibility index (Phi) is 9.50. The molecule has 2 rings (SSSR count). The van der Waals surface area contributed by atoms with Crippen LogP contribution in [0.2, 0.25) is 0 Å². The van der Waals surface area contributed by atoms with Crippen LogP contribution in [0, 0.1) is 5.92 Å². The molecule has 1 heterocycles. The highest BCUT2D eigenvalue weighted by molar-refractivity contribution is 5.79. The largest absolute Gasteiger partial charge is 0.396 e. The molecule has 0 bridgehead atoms. The van der Waals surface area contributed by atoms with Gasteiger partial charge in [0.1, 0.15) is 0 Å². The number of hydrogen-bond donors (Lipinski definition) is 3. The van der Waals surface area contributed by atoms with Gasteiger partial charge in [0.05, 0.1) is 6.61 Å². The number of aliphatic hydroxyl groups is 1. The summed E-state index contributed by atoms with van der Waals surface area (Å²) in [6, 6.07) is 10.1. The van der Waals surface area contributed by atoms with Crippen LogP contribution in [0.4, 0.5) is 0 Å². The average Bonchev–Trinajstić information content (AvgIpc) is 2.67. The molecule has 1 aliphatic heterocycles. The van der Waals surface area contributed by atoms with E-state index in [0.29, 0.717) is 6.54 Å². The highest BCUT2D eigenvalue weighted by Gasteiger charge is 2.15. The molecule has 3 N–H and O–H groups in total. The van der Waals surface area contributed by atoms with Gasteiger partial charge in [-0.05, 0) is 50.3 Å². The number of nitrogens with one attached hydrogen (secondary N) is 2. The second kappa shape index (κ2) is 11.9. The molecule has 5 nitrogen and oxygen atoms in total. The zero-order valence-electron chi connectivity index (χ0n) is 16.5. The van der Waals surface area contributed by atoms with Crippen LogP contribution < -0.4 is 10.6 Å². The maximum Gasteiger partial charge on any atom is 0.190 e. The van der Waals surface area contributed by atoms with Crippen molar-refractivity contribution in [3.05, 3.63) is 35.9 Å². The lowest BCUT2D eigenvalue weighted by atomic mass is 10.0. The summed E-state index contributed by atoms with van der Waals surface area (Å²) < 4.78 is 0. The second-order valence-electron chi connectivity index (χ2n) is 7.43. The molecule has 2 atom stereocenters. The normalized spacial score (nSPS) is 20.0. The van der Waals surface area contributed by atoms with E-state index in [1.54, 1.807) is 7.05 Å². The number of aliphatic imine (C=N–C) groups is 1. The van der Waals surface area contributed by atoms with Gasteiger partial charge >= 0.3 is 0 Å². The zero-order valence-corrected chi connectivity index (χ0v) is 16.5. The zero-order chi connectivity index (χ0) is 18.6. The monoisotopic (exact) mass is 360 g/mol. The van der Waals surface area contributed by atoms with E-state index in [2.05, 4.69) is 39.6 Å². The van der Waals surface area contributed by atoms with Crippen LogP contribution in [0.25, 0.3) is 0 Å². The quantitative estimate of drug-likeness (QED) is 0.360. The Balaban J connectivity index is 1.61. The number of rotatable bonds is 9. The molecule has 1 aromatic rings. The molecular weight excluding hydrogens is 324 g/mol. The lowest BCUT2D eigenvalue weighted by Crippen LogP contribution is -2.40. The van der Waals surface area contributed by atoms with Crippen molar-refractivity contribution in [1.82, 2.24) is 15.5 Å². The van der Waals surface area contributed by atoms with Gasteiger partial charge in [-0.25, -0.2) is 0 Å². The van der Waals surface area contributed by atoms with Crippen molar-refractivity contribution in [1.29, 1.82) is 0 Å². The number of guanidine groups is 1. The maximum absolute atomic E-state index is 9.65. The number of hydrogen-bond acceptors (Lipinski definition) is 3. The van der Waals surface area contributed by atoms with Crippen molar-refractivity contribution < 1.29 is 5.11 Å². The Bertz CT molecular complexity index is 520. The number of benzene rings is 1. The molecular formula is C21H36N4O. The number of piperidine rings is 1. The first-order valence-corrected chi connectivity index (χ1v) is 10.1. The van der Waals surface area contributed by atoms with Crippen LogP contribution in [0.15, 0.2) is 35.3 Å². The van der Waals surface area contributed by atoms with Crippen molar-refractivity contribution in [2.75, 3.05) is 46.4 Å². The van der Waals surface area contributed by atoms with Gasteiger partial charge in [0, 0.05) is 32.6 Å². The fourth-order valence-electron chi connectivity index (χ4n) is 3.61. The molecule has 0 aromatic heterocycles. The summed E-state index contributed by atoms with van der Waals surface area (Å²) in [4.78, 5) is 6.89. The summed E-state index contributed by atoms with van der Waals surface area (Å²) in [7, 11) is 1.79. The van der Waals surface area contributed by atoms with E-state index in [9.17, 15) is 5.11 Å². The fraction of sp³-hybridized carbons (Fsp3) is 0.667. The summed E-state index contributed by atoms with van der Waals surface area (Å²) in [5, 5.41) is 16.4. The van der Waals surface area contributed by atoms with E-state index >= 15 is 0 Å². The van der Waals surface area contributed by atoms with E-state index in [1.165, 1.54) is 38.9 Å². The molecule has 1 aromatic carbocycles. The number of aliphatic hydroxyl groups excluding tert-OH is 1.